The molecule has 0 fully saturated rings. The quantitative estimate of drug-likeness (QED) is 0.803. The lowest BCUT2D eigenvalue weighted by atomic mass is 10.2. The number of carboxylic acid groups (broad SMARTS) is 1. The lowest BCUT2D eigenvalue weighted by Gasteiger charge is -2.27. The highest BCUT2D eigenvalue weighted by molar-refractivity contribution is 5.68. The van der Waals surface area contributed by atoms with Gasteiger partial charge in [0.05, 0.1) is 25.9 Å². The zero-order valence-corrected chi connectivity index (χ0v) is 10.3. The highest BCUT2D eigenvalue weighted by Crippen LogP contribution is 2.17. The third-order valence-corrected chi connectivity index (χ3v) is 2.45. The van der Waals surface area contributed by atoms with Gasteiger partial charge >= 0.3 is 5.97 Å². The van der Waals surface area contributed by atoms with Crippen LogP contribution in [-0.2, 0) is 4.79 Å². The van der Waals surface area contributed by atoms with Crippen molar-refractivity contribution in [2.45, 2.75) is 26.3 Å². The van der Waals surface area contributed by atoms with E-state index in [1.807, 2.05) is 18.7 Å². The minimum absolute atomic E-state index is 0.0622. The number of anilines is 1. The zero-order chi connectivity index (χ0) is 12.8. The lowest BCUT2D eigenvalue weighted by Crippen LogP contribution is -2.35. The van der Waals surface area contributed by atoms with E-state index in [1.54, 1.807) is 6.20 Å². The largest absolute Gasteiger partial charge is 0.481 e. The van der Waals surface area contributed by atoms with Crippen molar-refractivity contribution in [3.05, 3.63) is 12.4 Å². The first kappa shape index (κ1) is 13.2. The number of carboxylic acids is 1. The number of aliphatic carboxylic acids is 1. The summed E-state index contributed by atoms with van der Waals surface area (Å²) in [5, 5.41) is 8.79. The second-order valence-electron chi connectivity index (χ2n) is 3.65. The van der Waals surface area contributed by atoms with Crippen LogP contribution in [0, 0.1) is 0 Å². The summed E-state index contributed by atoms with van der Waals surface area (Å²) in [6, 6.07) is -0.140. The fourth-order valence-electron chi connectivity index (χ4n) is 1.64. The van der Waals surface area contributed by atoms with Gasteiger partial charge in [0.25, 0.3) is 0 Å². The van der Waals surface area contributed by atoms with Crippen molar-refractivity contribution in [1.29, 1.82) is 0 Å². The fraction of sp³-hybridized carbons (Fsp3) is 0.545. The molecule has 17 heavy (non-hydrogen) atoms. The molecule has 1 aromatic rings. The van der Waals surface area contributed by atoms with Gasteiger partial charge in [0.1, 0.15) is 0 Å². The van der Waals surface area contributed by atoms with Crippen molar-refractivity contribution in [2.24, 2.45) is 0 Å². The zero-order valence-electron chi connectivity index (χ0n) is 10.3. The van der Waals surface area contributed by atoms with Crippen LogP contribution in [0.15, 0.2) is 12.4 Å². The predicted molar refractivity (Wildman–Crippen MR) is 63.3 cm³/mol. The van der Waals surface area contributed by atoms with Crippen LogP contribution in [0.5, 0.6) is 5.88 Å². The number of aromatic nitrogens is 2. The van der Waals surface area contributed by atoms with E-state index in [0.717, 1.165) is 0 Å². The number of nitrogens with zero attached hydrogens (tertiary/aromatic N) is 3. The molecule has 0 saturated heterocycles. The van der Waals surface area contributed by atoms with E-state index in [0.29, 0.717) is 18.2 Å². The van der Waals surface area contributed by atoms with Crippen molar-refractivity contribution < 1.29 is 14.6 Å². The van der Waals surface area contributed by atoms with Crippen molar-refractivity contribution in [3.8, 4) is 5.88 Å². The molecule has 0 bridgehead atoms. The molecule has 0 aliphatic carbocycles. The Morgan fingerprint density at radius 3 is 2.82 bits per heavy atom. The molecule has 1 aromatic heterocycles. The molecule has 0 spiro atoms. The molecule has 0 aliphatic heterocycles. The molecule has 0 amide bonds. The normalized spacial score (nSPS) is 11.9. The number of carbonyl (C=O) groups is 1. The second kappa shape index (κ2) is 6.03. The minimum atomic E-state index is -0.827. The lowest BCUT2D eigenvalue weighted by molar-refractivity contribution is -0.137. The molecule has 0 aliphatic rings. The predicted octanol–water partition coefficient (Wildman–Crippen LogP) is 1.17. The highest BCUT2D eigenvalue weighted by atomic mass is 16.5. The summed E-state index contributed by atoms with van der Waals surface area (Å²) in [7, 11) is 1.52. The van der Waals surface area contributed by atoms with E-state index in [-0.39, 0.29) is 12.5 Å². The maximum absolute atomic E-state index is 10.7. The van der Waals surface area contributed by atoms with Gasteiger partial charge in [-0.1, -0.05) is 0 Å². The van der Waals surface area contributed by atoms with Crippen molar-refractivity contribution in [1.82, 2.24) is 9.97 Å². The summed E-state index contributed by atoms with van der Waals surface area (Å²) >= 11 is 0. The average molecular weight is 239 g/mol. The van der Waals surface area contributed by atoms with Crippen LogP contribution in [0.2, 0.25) is 0 Å². The number of rotatable bonds is 6. The summed E-state index contributed by atoms with van der Waals surface area (Å²) < 4.78 is 4.99. The first-order chi connectivity index (χ1) is 8.08. The van der Waals surface area contributed by atoms with Gasteiger partial charge in [-0.25, -0.2) is 0 Å². The van der Waals surface area contributed by atoms with Gasteiger partial charge in [-0.3, -0.25) is 9.78 Å². The van der Waals surface area contributed by atoms with Gasteiger partial charge in [0.15, 0.2) is 5.82 Å². The highest BCUT2D eigenvalue weighted by Gasteiger charge is 2.17. The van der Waals surface area contributed by atoms with Gasteiger partial charge in [0.2, 0.25) is 5.88 Å². The molecule has 0 aromatic carbocycles. The van der Waals surface area contributed by atoms with Crippen LogP contribution in [0.4, 0.5) is 5.82 Å². The van der Waals surface area contributed by atoms with Gasteiger partial charge in [-0.15, -0.1) is 0 Å². The molecule has 1 atom stereocenters. The Morgan fingerprint density at radius 2 is 2.29 bits per heavy atom. The Labute approximate surface area is 100 Å². The smallest absolute Gasteiger partial charge is 0.305 e. The Morgan fingerprint density at radius 1 is 1.59 bits per heavy atom. The standard InChI is InChI=1S/C11H17N3O3/c1-4-14(8(2)5-11(15)16)9-6-12-7-10(13-9)17-3/h6-8H,4-5H2,1-3H3,(H,15,16). The van der Waals surface area contributed by atoms with E-state index in [9.17, 15) is 4.79 Å². The third kappa shape index (κ3) is 3.58. The topological polar surface area (TPSA) is 75.5 Å². The third-order valence-electron chi connectivity index (χ3n) is 2.45. The minimum Gasteiger partial charge on any atom is -0.481 e. The molecule has 0 radical (unpaired) electrons. The van der Waals surface area contributed by atoms with Gasteiger partial charge < -0.3 is 14.7 Å². The Kier molecular flexibility index (Phi) is 4.68. The number of ether oxygens (including phenoxy) is 1. The SMILES string of the molecule is CCN(c1cncc(OC)n1)C(C)CC(=O)O. The molecule has 1 unspecified atom stereocenters. The molecular formula is C11H17N3O3. The summed E-state index contributed by atoms with van der Waals surface area (Å²) in [4.78, 5) is 20.8. The fourth-order valence-corrected chi connectivity index (χ4v) is 1.64. The molecular weight excluding hydrogens is 222 g/mol. The van der Waals surface area contributed by atoms with Crippen molar-refractivity contribution in [3.63, 3.8) is 0 Å². The Hall–Kier alpha value is -1.85. The van der Waals surface area contributed by atoms with Crippen LogP contribution < -0.4 is 9.64 Å². The van der Waals surface area contributed by atoms with Gasteiger partial charge in [-0.2, -0.15) is 4.98 Å². The summed E-state index contributed by atoms with van der Waals surface area (Å²) in [5.74, 6) is 0.218. The molecule has 94 valence electrons. The van der Waals surface area contributed by atoms with Crippen molar-refractivity contribution in [2.75, 3.05) is 18.6 Å². The van der Waals surface area contributed by atoms with E-state index >= 15 is 0 Å². The Bertz CT molecular complexity index is 384. The van der Waals surface area contributed by atoms with E-state index in [1.165, 1.54) is 13.3 Å². The molecule has 0 saturated carbocycles. The van der Waals surface area contributed by atoms with Crippen LogP contribution in [-0.4, -0.2) is 40.7 Å². The summed E-state index contributed by atoms with van der Waals surface area (Å²) in [5.41, 5.74) is 0. The maximum atomic E-state index is 10.7. The van der Waals surface area contributed by atoms with E-state index in [4.69, 9.17) is 9.84 Å². The summed E-state index contributed by atoms with van der Waals surface area (Å²) in [6.07, 6.45) is 3.18. The van der Waals surface area contributed by atoms with E-state index < -0.39 is 5.97 Å². The van der Waals surface area contributed by atoms with Crippen LogP contribution in [0.3, 0.4) is 0 Å². The number of hydrogen-bond acceptors (Lipinski definition) is 5. The first-order valence-corrected chi connectivity index (χ1v) is 5.43. The first-order valence-electron chi connectivity index (χ1n) is 5.43. The van der Waals surface area contributed by atoms with Crippen LogP contribution >= 0.6 is 0 Å². The van der Waals surface area contributed by atoms with Crippen LogP contribution in [0.25, 0.3) is 0 Å². The van der Waals surface area contributed by atoms with Gasteiger partial charge in [-0.05, 0) is 13.8 Å². The maximum Gasteiger partial charge on any atom is 0.305 e. The number of methoxy groups -OCH3 is 1. The monoisotopic (exact) mass is 239 g/mol. The molecule has 1 heterocycles. The average Bonchev–Trinajstić information content (AvgIpc) is 2.29. The second-order valence-corrected chi connectivity index (χ2v) is 3.65. The number of hydrogen-bond donors (Lipinski definition) is 1. The Balaban J connectivity index is 2.88. The molecule has 1 rings (SSSR count). The van der Waals surface area contributed by atoms with Crippen LogP contribution in [0.1, 0.15) is 20.3 Å². The van der Waals surface area contributed by atoms with Crippen molar-refractivity contribution >= 4 is 11.8 Å². The molecule has 1 N–H and O–H groups in total. The van der Waals surface area contributed by atoms with Gasteiger partial charge in [0, 0.05) is 12.6 Å². The molecule has 6 nitrogen and oxygen atoms in total. The summed E-state index contributed by atoms with van der Waals surface area (Å²) in [6.45, 7) is 4.45. The van der Waals surface area contributed by atoms with E-state index in [2.05, 4.69) is 9.97 Å². The molecule has 6 heteroatoms.